The molecule has 9 nitrogen and oxygen atoms in total. The third-order valence-electron chi connectivity index (χ3n) is 5.21. The van der Waals surface area contributed by atoms with Crippen molar-refractivity contribution in [3.05, 3.63) is 35.4 Å². The lowest BCUT2D eigenvalue weighted by atomic mass is 10.00. The zero-order valence-corrected chi connectivity index (χ0v) is 21.0. The zero-order valence-electron chi connectivity index (χ0n) is 21.0. The number of amides is 4. The van der Waals surface area contributed by atoms with Gasteiger partial charge in [-0.1, -0.05) is 29.8 Å². The molecule has 1 saturated carbocycles. The van der Waals surface area contributed by atoms with E-state index in [1.807, 2.05) is 45.0 Å². The number of alkyl carbamates (subject to hydrolysis) is 1. The van der Waals surface area contributed by atoms with Gasteiger partial charge in [0.05, 0.1) is 0 Å². The Balaban J connectivity index is 2.42. The van der Waals surface area contributed by atoms with Gasteiger partial charge in [0.25, 0.3) is 0 Å². The topological polar surface area (TPSA) is 131 Å². The number of ether oxygens (including phenoxy) is 1. The van der Waals surface area contributed by atoms with Crippen LogP contribution < -0.4 is 16.4 Å². The number of benzene rings is 1. The van der Waals surface area contributed by atoms with Gasteiger partial charge in [-0.3, -0.25) is 14.4 Å². The predicted molar refractivity (Wildman–Crippen MR) is 129 cm³/mol. The Kier molecular flexibility index (Phi) is 9.06. The fourth-order valence-corrected chi connectivity index (χ4v) is 3.59. The van der Waals surface area contributed by atoms with E-state index in [4.69, 9.17) is 10.5 Å². The molecule has 4 N–H and O–H groups in total. The first-order valence-electron chi connectivity index (χ1n) is 11.8. The maximum atomic E-state index is 13.8. The van der Waals surface area contributed by atoms with Crippen molar-refractivity contribution in [1.29, 1.82) is 0 Å². The lowest BCUT2D eigenvalue weighted by Crippen LogP contribution is -2.54. The highest BCUT2D eigenvalue weighted by Crippen LogP contribution is 2.36. The van der Waals surface area contributed by atoms with Crippen LogP contribution in [0, 0.1) is 6.92 Å². The molecule has 34 heavy (non-hydrogen) atoms. The van der Waals surface area contributed by atoms with Crippen LogP contribution in [0.3, 0.4) is 0 Å². The Morgan fingerprint density at radius 1 is 1.09 bits per heavy atom. The summed E-state index contributed by atoms with van der Waals surface area (Å²) in [5, 5.41) is 5.51. The summed E-state index contributed by atoms with van der Waals surface area (Å²) in [5.74, 6) is -1.33. The maximum Gasteiger partial charge on any atom is 0.408 e. The molecule has 1 aromatic carbocycles. The number of nitrogens with zero attached hydrogens (tertiary/aromatic N) is 1. The Morgan fingerprint density at radius 2 is 1.68 bits per heavy atom. The van der Waals surface area contributed by atoms with Crippen molar-refractivity contribution in [3.8, 4) is 0 Å². The smallest absolute Gasteiger partial charge is 0.408 e. The van der Waals surface area contributed by atoms with Gasteiger partial charge in [0.1, 0.15) is 17.7 Å². The van der Waals surface area contributed by atoms with Crippen molar-refractivity contribution < 1.29 is 23.9 Å². The first-order valence-corrected chi connectivity index (χ1v) is 11.8. The Morgan fingerprint density at radius 3 is 2.15 bits per heavy atom. The van der Waals surface area contributed by atoms with Crippen LogP contribution in [0.15, 0.2) is 24.3 Å². The summed E-state index contributed by atoms with van der Waals surface area (Å²) in [4.78, 5) is 52.7. The molecule has 1 fully saturated rings. The van der Waals surface area contributed by atoms with Crippen LogP contribution in [0.5, 0.6) is 0 Å². The predicted octanol–water partition coefficient (Wildman–Crippen LogP) is 2.71. The SMILES string of the molecule is Cc1ccc(C(C(=O)NC(C)C)N(C(=O)C(CCC(N)=O)NC(=O)OC(C)(C)C)C2CC2)cc1. The second-order valence-electron chi connectivity index (χ2n) is 10.2. The molecule has 0 heterocycles. The Hall–Kier alpha value is -3.10. The van der Waals surface area contributed by atoms with Crippen LogP contribution in [-0.2, 0) is 19.1 Å². The molecule has 1 aromatic rings. The summed E-state index contributed by atoms with van der Waals surface area (Å²) >= 11 is 0. The molecule has 1 aliphatic rings. The quantitative estimate of drug-likeness (QED) is 0.480. The highest BCUT2D eigenvalue weighted by Gasteiger charge is 2.44. The molecule has 4 amide bonds. The number of aryl methyl sites for hydroxylation is 1. The highest BCUT2D eigenvalue weighted by atomic mass is 16.6. The second-order valence-corrected chi connectivity index (χ2v) is 10.2. The van der Waals surface area contributed by atoms with Crippen LogP contribution >= 0.6 is 0 Å². The minimum absolute atomic E-state index is 0.00302. The second kappa shape index (κ2) is 11.4. The van der Waals surface area contributed by atoms with E-state index in [-0.39, 0.29) is 30.8 Å². The fourth-order valence-electron chi connectivity index (χ4n) is 3.59. The first kappa shape index (κ1) is 27.1. The van der Waals surface area contributed by atoms with Crippen molar-refractivity contribution in [2.45, 2.75) is 97.0 Å². The average molecular weight is 475 g/mol. The van der Waals surface area contributed by atoms with Crippen molar-refractivity contribution in [1.82, 2.24) is 15.5 Å². The number of nitrogens with one attached hydrogen (secondary N) is 2. The van der Waals surface area contributed by atoms with Crippen LogP contribution in [0.4, 0.5) is 4.79 Å². The Labute approximate surface area is 201 Å². The molecule has 2 atom stereocenters. The van der Waals surface area contributed by atoms with E-state index in [0.717, 1.165) is 18.4 Å². The van der Waals surface area contributed by atoms with Crippen molar-refractivity contribution in [2.24, 2.45) is 5.73 Å². The van der Waals surface area contributed by atoms with Gasteiger partial charge >= 0.3 is 6.09 Å². The molecule has 0 saturated heterocycles. The van der Waals surface area contributed by atoms with Crippen LogP contribution in [0.2, 0.25) is 0 Å². The van der Waals surface area contributed by atoms with Crippen molar-refractivity contribution in [3.63, 3.8) is 0 Å². The third-order valence-corrected chi connectivity index (χ3v) is 5.21. The largest absolute Gasteiger partial charge is 0.444 e. The summed E-state index contributed by atoms with van der Waals surface area (Å²) in [6, 6.07) is 5.25. The highest BCUT2D eigenvalue weighted by molar-refractivity contribution is 5.93. The molecular weight excluding hydrogens is 436 g/mol. The number of carbonyl (C=O) groups excluding carboxylic acids is 4. The summed E-state index contributed by atoms with van der Waals surface area (Å²) in [7, 11) is 0. The normalized spacial score (nSPS) is 15.3. The molecule has 2 unspecified atom stereocenters. The first-order chi connectivity index (χ1) is 15.8. The van der Waals surface area contributed by atoms with Gasteiger partial charge in [0, 0.05) is 18.5 Å². The lowest BCUT2D eigenvalue weighted by Gasteiger charge is -2.35. The zero-order chi connectivity index (χ0) is 25.6. The van der Waals surface area contributed by atoms with Crippen molar-refractivity contribution >= 4 is 23.8 Å². The molecule has 1 aliphatic carbocycles. The summed E-state index contributed by atoms with van der Waals surface area (Å²) in [6.07, 6.45) is 0.626. The average Bonchev–Trinajstić information content (AvgIpc) is 3.52. The van der Waals surface area contributed by atoms with Crippen molar-refractivity contribution in [2.75, 3.05) is 0 Å². The van der Waals surface area contributed by atoms with Gasteiger partial charge in [-0.15, -0.1) is 0 Å². The van der Waals surface area contributed by atoms with E-state index in [0.29, 0.717) is 5.56 Å². The molecule has 0 radical (unpaired) electrons. The molecule has 9 heteroatoms. The number of rotatable bonds is 10. The van der Waals surface area contributed by atoms with Crippen LogP contribution in [0.25, 0.3) is 0 Å². The molecule has 188 valence electrons. The minimum atomic E-state index is -1.07. The van der Waals surface area contributed by atoms with E-state index >= 15 is 0 Å². The van der Waals surface area contributed by atoms with Gasteiger partial charge in [0.15, 0.2) is 0 Å². The molecule has 2 rings (SSSR count). The molecular formula is C25H38N4O5. The lowest BCUT2D eigenvalue weighted by molar-refractivity contribution is -0.143. The Bertz CT molecular complexity index is 888. The van der Waals surface area contributed by atoms with Gasteiger partial charge in [0.2, 0.25) is 17.7 Å². The van der Waals surface area contributed by atoms with E-state index < -0.39 is 35.6 Å². The number of hydrogen-bond donors (Lipinski definition) is 3. The van der Waals surface area contributed by atoms with Gasteiger partial charge in [-0.05, 0) is 66.4 Å². The van der Waals surface area contributed by atoms with E-state index in [2.05, 4.69) is 10.6 Å². The van der Waals surface area contributed by atoms with E-state index in [1.165, 1.54) is 0 Å². The number of hydrogen-bond acceptors (Lipinski definition) is 5. The minimum Gasteiger partial charge on any atom is -0.444 e. The third kappa shape index (κ3) is 8.35. The number of carbonyl (C=O) groups is 4. The maximum absolute atomic E-state index is 13.8. The monoisotopic (exact) mass is 474 g/mol. The number of nitrogens with two attached hydrogens (primary N) is 1. The standard InChI is InChI=1S/C25H38N4O5/c1-15(2)27-22(31)21(17-9-7-16(3)8-10-17)29(18-11-12-18)23(32)19(13-14-20(26)30)28-24(33)34-25(4,5)6/h7-10,15,18-19,21H,11-14H2,1-6H3,(H2,26,30)(H,27,31)(H,28,33). The number of primary amides is 1. The molecule has 0 spiro atoms. The van der Waals surface area contributed by atoms with Gasteiger partial charge in [-0.2, -0.15) is 0 Å². The van der Waals surface area contributed by atoms with E-state index in [9.17, 15) is 19.2 Å². The van der Waals surface area contributed by atoms with Crippen LogP contribution in [-0.4, -0.2) is 52.4 Å². The summed E-state index contributed by atoms with van der Waals surface area (Å²) in [5.41, 5.74) is 6.26. The molecule has 0 aromatic heterocycles. The molecule has 0 aliphatic heterocycles. The summed E-state index contributed by atoms with van der Waals surface area (Å²) < 4.78 is 5.32. The van der Waals surface area contributed by atoms with Gasteiger partial charge < -0.3 is 26.0 Å². The van der Waals surface area contributed by atoms with Crippen LogP contribution in [0.1, 0.15) is 77.5 Å². The fraction of sp³-hybridized carbons (Fsp3) is 0.600. The van der Waals surface area contributed by atoms with Gasteiger partial charge in [-0.25, -0.2) is 4.79 Å². The summed E-state index contributed by atoms with van der Waals surface area (Å²) in [6.45, 7) is 10.8. The van der Waals surface area contributed by atoms with E-state index in [1.54, 1.807) is 25.7 Å². The molecule has 0 bridgehead atoms.